The van der Waals surface area contributed by atoms with Gasteiger partial charge in [-0.2, -0.15) is 0 Å². The van der Waals surface area contributed by atoms with Gasteiger partial charge in [0.2, 0.25) is 0 Å². The van der Waals surface area contributed by atoms with Gasteiger partial charge in [-0.25, -0.2) is 0 Å². The Kier molecular flexibility index (Phi) is 34.0. The number of rotatable bonds is 9. The maximum Gasteiger partial charge on any atom is 0.305 e. The SMILES string of the molecule is C.O.O=C(O)CCCC/C=C/CCCCO.O=C1CCCCCC/C=C/CCCCCCCO1. The number of esters is 1. The summed E-state index contributed by atoms with van der Waals surface area (Å²) in [6.07, 6.45) is 28.5. The molecule has 0 unspecified atom stereocenters. The molecular weight excluding hydrogens is 432 g/mol. The molecule has 1 aliphatic rings. The molecule has 0 atom stereocenters. The summed E-state index contributed by atoms with van der Waals surface area (Å²) in [5, 5.41) is 16.9. The van der Waals surface area contributed by atoms with Crippen molar-refractivity contribution in [3.05, 3.63) is 24.3 Å². The lowest BCUT2D eigenvalue weighted by Crippen LogP contribution is -2.05. The number of cyclic esters (lactones) is 1. The lowest BCUT2D eigenvalue weighted by atomic mass is 10.1. The molecular formula is C28H54O6. The van der Waals surface area contributed by atoms with Crippen molar-refractivity contribution in [2.24, 2.45) is 0 Å². The molecule has 0 aromatic rings. The van der Waals surface area contributed by atoms with Crippen molar-refractivity contribution in [3.8, 4) is 0 Å². The van der Waals surface area contributed by atoms with Crippen LogP contribution < -0.4 is 0 Å². The third kappa shape index (κ3) is 32.5. The number of allylic oxidation sites excluding steroid dienone is 4. The fourth-order valence-electron chi connectivity index (χ4n) is 3.42. The van der Waals surface area contributed by atoms with Crippen LogP contribution in [0.1, 0.15) is 129 Å². The Balaban J connectivity index is -0.000000550. The first kappa shape index (κ1) is 36.9. The third-order valence-electron chi connectivity index (χ3n) is 5.40. The molecule has 202 valence electrons. The van der Waals surface area contributed by atoms with Crippen molar-refractivity contribution in [3.63, 3.8) is 0 Å². The molecule has 0 aliphatic carbocycles. The number of carbonyl (C=O) groups is 2. The van der Waals surface area contributed by atoms with E-state index in [2.05, 4.69) is 24.3 Å². The molecule has 6 nitrogen and oxygen atoms in total. The summed E-state index contributed by atoms with van der Waals surface area (Å²) in [4.78, 5) is 21.6. The van der Waals surface area contributed by atoms with Crippen LogP contribution in [0.15, 0.2) is 24.3 Å². The quantitative estimate of drug-likeness (QED) is 0.208. The minimum absolute atomic E-state index is 0. The Labute approximate surface area is 209 Å². The van der Waals surface area contributed by atoms with Crippen LogP contribution in [0.2, 0.25) is 0 Å². The molecule has 0 fully saturated rings. The maximum atomic E-state index is 11.4. The Morgan fingerprint density at radius 3 is 1.94 bits per heavy atom. The molecule has 0 saturated carbocycles. The summed E-state index contributed by atoms with van der Waals surface area (Å²) in [7, 11) is 0. The average Bonchev–Trinajstić information content (AvgIpc) is 2.78. The van der Waals surface area contributed by atoms with Crippen molar-refractivity contribution in [1.29, 1.82) is 0 Å². The van der Waals surface area contributed by atoms with Gasteiger partial charge in [0.1, 0.15) is 0 Å². The highest BCUT2D eigenvalue weighted by molar-refractivity contribution is 5.69. The zero-order valence-corrected chi connectivity index (χ0v) is 20.8. The number of hydrogen-bond donors (Lipinski definition) is 2. The number of unbranched alkanes of at least 4 members (excludes halogenated alkanes) is 4. The van der Waals surface area contributed by atoms with Crippen molar-refractivity contribution >= 4 is 11.9 Å². The molecule has 0 bridgehead atoms. The first-order valence-corrected chi connectivity index (χ1v) is 12.9. The summed E-state index contributed by atoms with van der Waals surface area (Å²) in [6, 6.07) is 0. The number of carbonyl (C=O) groups excluding carboxylic acids is 1. The second kappa shape index (κ2) is 31.3. The Morgan fingerprint density at radius 1 is 0.824 bits per heavy atom. The molecule has 1 aliphatic heterocycles. The van der Waals surface area contributed by atoms with Crippen LogP contribution in [0.25, 0.3) is 0 Å². The lowest BCUT2D eigenvalue weighted by molar-refractivity contribution is -0.144. The standard InChI is InChI=1S/C16H28O2.C11H20O3.CH4.H2O/c17-16-14-12-10-8-6-4-2-1-3-5-7-9-11-13-15-18-16;12-10-8-6-4-2-1-3-5-7-9-11(13)14;;/h1-2H,3-15H2;1-2,12H,3-10H2,(H,13,14);1H4;1H2/b2*2-1+;;. The van der Waals surface area contributed by atoms with Crippen LogP contribution >= 0.6 is 0 Å². The summed E-state index contributed by atoms with van der Waals surface area (Å²) >= 11 is 0. The second-order valence-electron chi connectivity index (χ2n) is 8.53. The summed E-state index contributed by atoms with van der Waals surface area (Å²) in [5.74, 6) is -0.712. The number of aliphatic hydroxyl groups is 1. The van der Waals surface area contributed by atoms with E-state index >= 15 is 0 Å². The molecule has 0 aromatic carbocycles. The first-order chi connectivity index (χ1) is 15.7. The molecule has 0 radical (unpaired) electrons. The largest absolute Gasteiger partial charge is 0.481 e. The van der Waals surface area contributed by atoms with E-state index in [4.69, 9.17) is 14.9 Å². The van der Waals surface area contributed by atoms with E-state index in [1.807, 2.05) is 0 Å². The summed E-state index contributed by atoms with van der Waals surface area (Å²) in [6.45, 7) is 0.894. The van der Waals surface area contributed by atoms with Gasteiger partial charge < -0.3 is 20.4 Å². The molecule has 1 heterocycles. The smallest absolute Gasteiger partial charge is 0.305 e. The van der Waals surface area contributed by atoms with Gasteiger partial charge in [0.25, 0.3) is 0 Å². The van der Waals surface area contributed by atoms with Gasteiger partial charge in [-0.05, 0) is 77.0 Å². The van der Waals surface area contributed by atoms with Gasteiger partial charge in [0, 0.05) is 19.4 Å². The number of carboxylic acid groups (broad SMARTS) is 1. The van der Waals surface area contributed by atoms with E-state index in [-0.39, 0.29) is 31.9 Å². The monoisotopic (exact) mass is 486 g/mol. The van der Waals surface area contributed by atoms with Crippen LogP contribution in [0.4, 0.5) is 0 Å². The maximum absolute atomic E-state index is 11.4. The molecule has 4 N–H and O–H groups in total. The number of ether oxygens (including phenoxy) is 1. The van der Waals surface area contributed by atoms with E-state index in [9.17, 15) is 9.59 Å². The van der Waals surface area contributed by atoms with E-state index in [0.717, 1.165) is 57.8 Å². The van der Waals surface area contributed by atoms with Crippen LogP contribution in [0, 0.1) is 0 Å². The summed E-state index contributed by atoms with van der Waals surface area (Å²) in [5.41, 5.74) is 0. The highest BCUT2D eigenvalue weighted by atomic mass is 16.5. The zero-order valence-electron chi connectivity index (χ0n) is 20.8. The lowest BCUT2D eigenvalue weighted by Gasteiger charge is -2.04. The Hall–Kier alpha value is -1.66. The fraction of sp³-hybridized carbons (Fsp3) is 0.786. The van der Waals surface area contributed by atoms with Crippen LogP contribution in [0.3, 0.4) is 0 Å². The topological polar surface area (TPSA) is 115 Å². The van der Waals surface area contributed by atoms with E-state index in [0.29, 0.717) is 13.0 Å². The Bertz CT molecular complexity index is 487. The van der Waals surface area contributed by atoms with Crippen molar-refractivity contribution < 1.29 is 30.0 Å². The number of aliphatic carboxylic acids is 1. The van der Waals surface area contributed by atoms with Crippen LogP contribution in [-0.2, 0) is 14.3 Å². The van der Waals surface area contributed by atoms with Gasteiger partial charge in [0.05, 0.1) is 6.61 Å². The predicted octanol–water partition coefficient (Wildman–Crippen LogP) is 6.94. The molecule has 0 aromatic heterocycles. The van der Waals surface area contributed by atoms with Crippen molar-refractivity contribution in [1.82, 2.24) is 0 Å². The third-order valence-corrected chi connectivity index (χ3v) is 5.40. The normalized spacial score (nSPS) is 17.1. The number of hydrogen-bond acceptors (Lipinski definition) is 4. The van der Waals surface area contributed by atoms with Gasteiger partial charge >= 0.3 is 11.9 Å². The van der Waals surface area contributed by atoms with Gasteiger partial charge in [-0.1, -0.05) is 63.8 Å². The highest BCUT2D eigenvalue weighted by Crippen LogP contribution is 2.10. The predicted molar refractivity (Wildman–Crippen MR) is 142 cm³/mol. The minimum Gasteiger partial charge on any atom is -0.481 e. The number of aliphatic hydroxyl groups excluding tert-OH is 1. The van der Waals surface area contributed by atoms with E-state index < -0.39 is 5.97 Å². The van der Waals surface area contributed by atoms with Crippen LogP contribution in [-0.4, -0.2) is 40.8 Å². The van der Waals surface area contributed by atoms with Crippen molar-refractivity contribution in [2.75, 3.05) is 13.2 Å². The number of carboxylic acids is 1. The zero-order chi connectivity index (χ0) is 23.5. The average molecular weight is 487 g/mol. The van der Waals surface area contributed by atoms with Crippen molar-refractivity contribution in [2.45, 2.75) is 129 Å². The molecule has 34 heavy (non-hydrogen) atoms. The molecule has 0 saturated heterocycles. The van der Waals surface area contributed by atoms with E-state index in [1.165, 1.54) is 51.4 Å². The Morgan fingerprint density at radius 2 is 1.35 bits per heavy atom. The van der Waals surface area contributed by atoms with Gasteiger partial charge in [-0.3, -0.25) is 9.59 Å². The van der Waals surface area contributed by atoms with E-state index in [1.54, 1.807) is 0 Å². The van der Waals surface area contributed by atoms with Gasteiger partial charge in [-0.15, -0.1) is 0 Å². The molecule has 0 amide bonds. The van der Waals surface area contributed by atoms with Crippen LogP contribution in [0.5, 0.6) is 0 Å². The molecule has 1 rings (SSSR count). The molecule has 6 heteroatoms. The fourth-order valence-corrected chi connectivity index (χ4v) is 3.42. The minimum atomic E-state index is -0.711. The van der Waals surface area contributed by atoms with Gasteiger partial charge in [0.15, 0.2) is 0 Å². The second-order valence-corrected chi connectivity index (χ2v) is 8.53. The first-order valence-electron chi connectivity index (χ1n) is 12.9. The molecule has 0 spiro atoms. The summed E-state index contributed by atoms with van der Waals surface area (Å²) < 4.78 is 5.22. The highest BCUT2D eigenvalue weighted by Gasteiger charge is 2.02.